The Bertz CT molecular complexity index is 1260. The summed E-state index contributed by atoms with van der Waals surface area (Å²) in [4.78, 5) is 24.5. The van der Waals surface area contributed by atoms with E-state index in [2.05, 4.69) is 16.5 Å². The molecule has 2 aliphatic rings. The van der Waals surface area contributed by atoms with Crippen molar-refractivity contribution in [3.63, 3.8) is 0 Å². The van der Waals surface area contributed by atoms with Crippen LogP contribution in [0.1, 0.15) is 12.8 Å². The van der Waals surface area contributed by atoms with Crippen molar-refractivity contribution in [2.45, 2.75) is 18.4 Å². The average Bonchev–Trinajstić information content (AvgIpc) is 3.54. The summed E-state index contributed by atoms with van der Waals surface area (Å²) in [7, 11) is 0. The number of fused-ring (bicyclic) bond motifs is 1. The van der Waals surface area contributed by atoms with Gasteiger partial charge in [0.1, 0.15) is 29.2 Å². The van der Waals surface area contributed by atoms with Crippen LogP contribution in [0.5, 0.6) is 5.75 Å². The van der Waals surface area contributed by atoms with Crippen LogP contribution in [0.15, 0.2) is 43.2 Å². The van der Waals surface area contributed by atoms with E-state index >= 15 is 4.39 Å². The van der Waals surface area contributed by atoms with Crippen molar-refractivity contribution in [3.05, 3.63) is 59.9 Å². The first-order valence-corrected chi connectivity index (χ1v) is 10.5. The Kier molecular flexibility index (Phi) is 4.78. The number of halogens is 3. The second-order valence-electron chi connectivity index (χ2n) is 8.11. The number of hydrogen-bond donors (Lipinski definition) is 1. The Morgan fingerprint density at radius 2 is 2.00 bits per heavy atom. The van der Waals surface area contributed by atoms with Gasteiger partial charge in [-0.15, -0.1) is 0 Å². The van der Waals surface area contributed by atoms with Crippen molar-refractivity contribution in [2.24, 2.45) is 0 Å². The second-order valence-corrected chi connectivity index (χ2v) is 8.52. The van der Waals surface area contributed by atoms with Gasteiger partial charge < -0.3 is 14.9 Å². The van der Waals surface area contributed by atoms with E-state index in [1.807, 2.05) is 9.80 Å². The predicted molar refractivity (Wildman–Crippen MR) is 118 cm³/mol. The van der Waals surface area contributed by atoms with E-state index in [9.17, 15) is 14.3 Å². The van der Waals surface area contributed by atoms with Gasteiger partial charge in [0.25, 0.3) is 0 Å². The molecule has 1 saturated heterocycles. The number of carbonyl (C=O) groups is 1. The molecular weight excluding hydrogens is 438 g/mol. The third-order valence-electron chi connectivity index (χ3n) is 6.26. The molecule has 6 nitrogen and oxygen atoms in total. The van der Waals surface area contributed by atoms with Crippen LogP contribution in [0.25, 0.3) is 22.0 Å². The van der Waals surface area contributed by atoms with Crippen LogP contribution in [0.2, 0.25) is 5.02 Å². The molecule has 32 heavy (non-hydrogen) atoms. The number of benzene rings is 2. The SMILES string of the molecule is C=CC(=O)N1CCN(c2ncnc3c(F)c(-c4c(O)cccc4F)c(Cl)cc23)CC12CC2. The largest absolute Gasteiger partial charge is 0.507 e. The van der Waals surface area contributed by atoms with E-state index < -0.39 is 17.4 Å². The van der Waals surface area contributed by atoms with E-state index in [1.54, 1.807) is 0 Å². The highest BCUT2D eigenvalue weighted by Gasteiger charge is 2.53. The van der Waals surface area contributed by atoms with Crippen molar-refractivity contribution in [1.29, 1.82) is 0 Å². The van der Waals surface area contributed by atoms with Gasteiger partial charge in [-0.3, -0.25) is 4.79 Å². The minimum Gasteiger partial charge on any atom is -0.507 e. The lowest BCUT2D eigenvalue weighted by molar-refractivity contribution is -0.129. The maximum Gasteiger partial charge on any atom is 0.246 e. The Labute approximate surface area is 187 Å². The Morgan fingerprint density at radius 3 is 2.69 bits per heavy atom. The molecule has 1 aliphatic carbocycles. The van der Waals surface area contributed by atoms with E-state index in [0.717, 1.165) is 18.9 Å². The van der Waals surface area contributed by atoms with Crippen molar-refractivity contribution in [3.8, 4) is 16.9 Å². The predicted octanol–water partition coefficient (Wildman–Crippen LogP) is 4.30. The number of phenols is 1. The minimum atomic E-state index is -0.835. The molecule has 0 radical (unpaired) electrons. The lowest BCUT2D eigenvalue weighted by Crippen LogP contribution is -2.57. The van der Waals surface area contributed by atoms with Gasteiger partial charge in [-0.25, -0.2) is 18.7 Å². The number of rotatable bonds is 3. The highest BCUT2D eigenvalue weighted by atomic mass is 35.5. The maximum absolute atomic E-state index is 15.6. The molecule has 1 amide bonds. The molecule has 1 N–H and O–H groups in total. The van der Waals surface area contributed by atoms with Gasteiger partial charge in [0.2, 0.25) is 5.91 Å². The smallest absolute Gasteiger partial charge is 0.246 e. The number of nitrogens with zero attached hydrogens (tertiary/aromatic N) is 4. The van der Waals surface area contributed by atoms with Crippen molar-refractivity contribution >= 4 is 34.2 Å². The molecule has 3 aromatic rings. The molecule has 1 saturated carbocycles. The van der Waals surface area contributed by atoms with Crippen LogP contribution >= 0.6 is 11.6 Å². The number of phenolic OH excluding ortho intramolecular Hbond substituents is 1. The van der Waals surface area contributed by atoms with E-state index in [0.29, 0.717) is 30.8 Å². The summed E-state index contributed by atoms with van der Waals surface area (Å²) in [6.07, 6.45) is 4.32. The molecule has 0 bridgehead atoms. The number of piperazine rings is 1. The molecule has 9 heteroatoms. The third-order valence-corrected chi connectivity index (χ3v) is 6.56. The second kappa shape index (κ2) is 7.41. The Morgan fingerprint density at radius 1 is 1.22 bits per heavy atom. The molecule has 164 valence electrons. The van der Waals surface area contributed by atoms with Gasteiger partial charge in [-0.1, -0.05) is 24.2 Å². The van der Waals surface area contributed by atoms with E-state index in [-0.39, 0.29) is 33.1 Å². The summed E-state index contributed by atoms with van der Waals surface area (Å²) in [5, 5.41) is 10.5. The van der Waals surface area contributed by atoms with Gasteiger partial charge in [0.15, 0.2) is 5.82 Å². The third kappa shape index (κ3) is 3.09. The van der Waals surface area contributed by atoms with Gasteiger partial charge in [0, 0.05) is 30.6 Å². The monoisotopic (exact) mass is 456 g/mol. The van der Waals surface area contributed by atoms with Crippen LogP contribution in [0, 0.1) is 11.6 Å². The molecule has 0 unspecified atom stereocenters. The summed E-state index contributed by atoms with van der Waals surface area (Å²) < 4.78 is 30.0. The topological polar surface area (TPSA) is 69.6 Å². The zero-order valence-electron chi connectivity index (χ0n) is 17.0. The van der Waals surface area contributed by atoms with Crippen molar-refractivity contribution < 1.29 is 18.7 Å². The van der Waals surface area contributed by atoms with Crippen molar-refractivity contribution in [2.75, 3.05) is 24.5 Å². The summed E-state index contributed by atoms with van der Waals surface area (Å²) in [5.74, 6) is -1.65. The van der Waals surface area contributed by atoms with Gasteiger partial charge in [-0.05, 0) is 37.1 Å². The number of aromatic nitrogens is 2. The number of aromatic hydroxyl groups is 1. The minimum absolute atomic E-state index is 0.0218. The quantitative estimate of drug-likeness (QED) is 0.595. The zero-order valence-corrected chi connectivity index (χ0v) is 17.7. The fourth-order valence-electron chi connectivity index (χ4n) is 4.54. The van der Waals surface area contributed by atoms with Crippen LogP contribution in [0.4, 0.5) is 14.6 Å². The average molecular weight is 457 g/mol. The lowest BCUT2D eigenvalue weighted by Gasteiger charge is -2.42. The number of hydrogen-bond acceptors (Lipinski definition) is 5. The molecule has 0 atom stereocenters. The van der Waals surface area contributed by atoms with Crippen LogP contribution in [-0.2, 0) is 4.79 Å². The van der Waals surface area contributed by atoms with Crippen LogP contribution in [-0.4, -0.2) is 51.1 Å². The molecule has 1 aromatic heterocycles. The number of amides is 1. The lowest BCUT2D eigenvalue weighted by atomic mass is 10.0. The Balaban J connectivity index is 1.60. The molecule has 2 aromatic carbocycles. The summed E-state index contributed by atoms with van der Waals surface area (Å²) in [6.45, 7) is 5.13. The molecule has 5 rings (SSSR count). The van der Waals surface area contributed by atoms with E-state index in [1.165, 1.54) is 30.6 Å². The highest BCUT2D eigenvalue weighted by Crippen LogP contribution is 2.46. The molecule has 2 heterocycles. The van der Waals surface area contributed by atoms with Crippen molar-refractivity contribution in [1.82, 2.24) is 14.9 Å². The van der Waals surface area contributed by atoms with Crippen LogP contribution < -0.4 is 4.90 Å². The molecule has 2 fully saturated rings. The highest BCUT2D eigenvalue weighted by molar-refractivity contribution is 6.34. The first kappa shape index (κ1) is 20.6. The first-order valence-electron chi connectivity index (χ1n) is 10.2. The van der Waals surface area contributed by atoms with Gasteiger partial charge in [-0.2, -0.15) is 0 Å². The summed E-state index contributed by atoms with van der Waals surface area (Å²) in [6, 6.07) is 5.21. The molecular formula is C23H19ClF2N4O2. The van der Waals surface area contributed by atoms with Gasteiger partial charge >= 0.3 is 0 Å². The fourth-order valence-corrected chi connectivity index (χ4v) is 4.83. The standard InChI is InChI=1S/C23H19ClF2N4O2/c1-2-17(32)30-9-8-29(11-23(30)6-7-23)22-13-10-14(24)18(20(26)21(13)27-12-28-22)19-15(25)4-3-5-16(19)31/h2-5,10,12,31H,1,6-9,11H2. The zero-order chi connectivity index (χ0) is 22.6. The molecule has 1 spiro atoms. The number of anilines is 1. The number of carbonyl (C=O) groups excluding carboxylic acids is 1. The fraction of sp³-hybridized carbons (Fsp3) is 0.261. The normalized spacial score (nSPS) is 17.1. The van der Waals surface area contributed by atoms with Gasteiger partial charge in [0.05, 0.1) is 16.1 Å². The Hall–Kier alpha value is -3.26. The summed E-state index contributed by atoms with van der Waals surface area (Å²) >= 11 is 6.39. The van der Waals surface area contributed by atoms with Crippen LogP contribution in [0.3, 0.4) is 0 Å². The summed E-state index contributed by atoms with van der Waals surface area (Å²) in [5.41, 5.74) is -0.862. The maximum atomic E-state index is 15.6. The molecule has 1 aliphatic heterocycles. The first-order chi connectivity index (χ1) is 15.4. The van der Waals surface area contributed by atoms with E-state index in [4.69, 9.17) is 11.6 Å².